The van der Waals surface area contributed by atoms with Crippen LogP contribution < -0.4 is 0 Å². The van der Waals surface area contributed by atoms with E-state index in [4.69, 9.17) is 0 Å². The van der Waals surface area contributed by atoms with Crippen molar-refractivity contribution in [2.24, 2.45) is 4.99 Å². The smallest absolute Gasteiger partial charge is 0.0705 e. The molecule has 0 bridgehead atoms. The standard InChI is InChI=1S/C11H13N/c1-2-3-5-9-8-12-11-7-4-6-10(9)11/h4,6-8H,2-3,5H2,1H3. The summed E-state index contributed by atoms with van der Waals surface area (Å²) in [5, 5.41) is 0. The predicted molar refractivity (Wildman–Crippen MR) is 52.3 cm³/mol. The second kappa shape index (κ2) is 3.10. The van der Waals surface area contributed by atoms with Crippen molar-refractivity contribution in [3.05, 3.63) is 35.1 Å². The molecule has 1 heteroatoms. The van der Waals surface area contributed by atoms with Gasteiger partial charge in [0.05, 0.1) is 5.70 Å². The van der Waals surface area contributed by atoms with E-state index in [0.29, 0.717) is 0 Å². The van der Waals surface area contributed by atoms with Gasteiger partial charge in [-0.1, -0.05) is 25.5 Å². The van der Waals surface area contributed by atoms with Crippen molar-refractivity contribution in [1.82, 2.24) is 0 Å². The maximum atomic E-state index is 4.33. The molecule has 0 N–H and O–H groups in total. The summed E-state index contributed by atoms with van der Waals surface area (Å²) < 4.78 is 0. The molecule has 0 amide bonds. The predicted octanol–water partition coefficient (Wildman–Crippen LogP) is 3.01. The Hall–Kier alpha value is -1.11. The van der Waals surface area contributed by atoms with Crippen molar-refractivity contribution in [3.63, 3.8) is 0 Å². The minimum Gasteiger partial charge on any atom is -0.256 e. The number of rotatable bonds is 3. The molecule has 0 aromatic rings. The number of nitrogens with zero attached hydrogens (tertiary/aromatic N) is 1. The lowest BCUT2D eigenvalue weighted by Gasteiger charge is -1.98. The molecule has 12 heavy (non-hydrogen) atoms. The lowest BCUT2D eigenvalue weighted by atomic mass is 10.1. The second-order valence-corrected chi connectivity index (χ2v) is 3.21. The summed E-state index contributed by atoms with van der Waals surface area (Å²) in [5.74, 6) is 0. The lowest BCUT2D eigenvalue weighted by Crippen LogP contribution is -1.84. The quantitative estimate of drug-likeness (QED) is 0.600. The highest BCUT2D eigenvalue weighted by atomic mass is 14.8. The molecule has 1 heterocycles. The van der Waals surface area contributed by atoms with E-state index in [-0.39, 0.29) is 0 Å². The van der Waals surface area contributed by atoms with Crippen LogP contribution in [0.15, 0.2) is 40.1 Å². The van der Waals surface area contributed by atoms with Gasteiger partial charge in [0.2, 0.25) is 0 Å². The van der Waals surface area contributed by atoms with Crippen molar-refractivity contribution in [2.45, 2.75) is 26.2 Å². The number of hydrogen-bond acceptors (Lipinski definition) is 1. The largest absolute Gasteiger partial charge is 0.256 e. The molecule has 2 rings (SSSR count). The summed E-state index contributed by atoms with van der Waals surface area (Å²) in [7, 11) is 0. The van der Waals surface area contributed by atoms with Gasteiger partial charge < -0.3 is 0 Å². The molecule has 0 unspecified atom stereocenters. The Kier molecular flexibility index (Phi) is 1.94. The van der Waals surface area contributed by atoms with Crippen molar-refractivity contribution >= 4 is 6.21 Å². The molecule has 0 saturated carbocycles. The van der Waals surface area contributed by atoms with Gasteiger partial charge in [-0.25, -0.2) is 0 Å². The van der Waals surface area contributed by atoms with E-state index in [9.17, 15) is 0 Å². The number of fused-ring (bicyclic) bond motifs is 1. The zero-order valence-corrected chi connectivity index (χ0v) is 7.38. The summed E-state index contributed by atoms with van der Waals surface area (Å²) in [6.07, 6.45) is 12.0. The van der Waals surface area contributed by atoms with Crippen LogP contribution in [0.1, 0.15) is 26.2 Å². The van der Waals surface area contributed by atoms with E-state index in [1.807, 2.05) is 6.21 Å². The van der Waals surface area contributed by atoms with Crippen molar-refractivity contribution in [3.8, 4) is 0 Å². The molecule has 0 aromatic heterocycles. The lowest BCUT2D eigenvalue weighted by molar-refractivity contribution is 0.804. The van der Waals surface area contributed by atoms with Gasteiger partial charge >= 0.3 is 0 Å². The third kappa shape index (κ3) is 1.15. The Morgan fingerprint density at radius 1 is 1.42 bits per heavy atom. The highest BCUT2D eigenvalue weighted by Gasteiger charge is 2.14. The SMILES string of the molecule is CCCCC1=C2C=CC=C2N=C1. The third-order valence-corrected chi connectivity index (χ3v) is 2.30. The Morgan fingerprint density at radius 3 is 3.17 bits per heavy atom. The first-order valence-electron chi connectivity index (χ1n) is 4.58. The summed E-state index contributed by atoms with van der Waals surface area (Å²) in [6.45, 7) is 2.22. The average Bonchev–Trinajstić information content (AvgIpc) is 2.62. The van der Waals surface area contributed by atoms with E-state index in [2.05, 4.69) is 30.1 Å². The molecular weight excluding hydrogens is 146 g/mol. The van der Waals surface area contributed by atoms with E-state index in [1.165, 1.54) is 30.4 Å². The minimum absolute atomic E-state index is 1.15. The molecule has 0 spiro atoms. The fraction of sp³-hybridized carbons (Fsp3) is 0.364. The Balaban J connectivity index is 2.15. The van der Waals surface area contributed by atoms with Crippen LogP contribution in [0.25, 0.3) is 0 Å². The van der Waals surface area contributed by atoms with Gasteiger partial charge in [0.25, 0.3) is 0 Å². The zero-order valence-electron chi connectivity index (χ0n) is 7.38. The first-order valence-corrected chi connectivity index (χ1v) is 4.58. The zero-order chi connectivity index (χ0) is 8.39. The number of allylic oxidation sites excluding steroid dienone is 4. The average molecular weight is 159 g/mol. The maximum absolute atomic E-state index is 4.33. The van der Waals surface area contributed by atoms with Crippen LogP contribution in [-0.2, 0) is 0 Å². The van der Waals surface area contributed by atoms with Gasteiger partial charge in [-0.3, -0.25) is 4.99 Å². The monoisotopic (exact) mass is 159 g/mol. The van der Waals surface area contributed by atoms with Crippen LogP contribution in [0.2, 0.25) is 0 Å². The van der Waals surface area contributed by atoms with Crippen LogP contribution in [0, 0.1) is 0 Å². The topological polar surface area (TPSA) is 12.4 Å². The summed E-state index contributed by atoms with van der Waals surface area (Å²) in [6, 6.07) is 0. The summed E-state index contributed by atoms with van der Waals surface area (Å²) in [5.41, 5.74) is 3.92. The van der Waals surface area contributed by atoms with Crippen molar-refractivity contribution in [2.75, 3.05) is 0 Å². The fourth-order valence-corrected chi connectivity index (χ4v) is 1.58. The van der Waals surface area contributed by atoms with Crippen LogP contribution >= 0.6 is 0 Å². The van der Waals surface area contributed by atoms with Gasteiger partial charge in [-0.2, -0.15) is 0 Å². The number of aliphatic imine (C=N–C) groups is 1. The van der Waals surface area contributed by atoms with Gasteiger partial charge in [0, 0.05) is 11.8 Å². The van der Waals surface area contributed by atoms with Gasteiger partial charge in [0.15, 0.2) is 0 Å². The van der Waals surface area contributed by atoms with E-state index in [1.54, 1.807) is 0 Å². The maximum Gasteiger partial charge on any atom is 0.0705 e. The minimum atomic E-state index is 1.15. The highest BCUT2D eigenvalue weighted by Crippen LogP contribution is 2.29. The second-order valence-electron chi connectivity index (χ2n) is 3.21. The summed E-state index contributed by atoms with van der Waals surface area (Å²) in [4.78, 5) is 4.33. The fourth-order valence-electron chi connectivity index (χ4n) is 1.58. The molecule has 0 atom stereocenters. The van der Waals surface area contributed by atoms with Crippen LogP contribution in [-0.4, -0.2) is 6.21 Å². The molecule has 62 valence electrons. The van der Waals surface area contributed by atoms with Crippen LogP contribution in [0.5, 0.6) is 0 Å². The molecule has 0 radical (unpaired) electrons. The first-order chi connectivity index (χ1) is 5.92. The molecule has 0 fully saturated rings. The number of unbranched alkanes of at least 4 members (excludes halogenated alkanes) is 1. The Bertz CT molecular complexity index is 303. The van der Waals surface area contributed by atoms with Crippen molar-refractivity contribution < 1.29 is 0 Å². The summed E-state index contributed by atoms with van der Waals surface area (Å²) >= 11 is 0. The normalized spacial score (nSPS) is 18.9. The van der Waals surface area contributed by atoms with Crippen molar-refractivity contribution in [1.29, 1.82) is 0 Å². The third-order valence-electron chi connectivity index (χ3n) is 2.30. The van der Waals surface area contributed by atoms with Crippen LogP contribution in [0.3, 0.4) is 0 Å². The van der Waals surface area contributed by atoms with Gasteiger partial charge in [0.1, 0.15) is 0 Å². The van der Waals surface area contributed by atoms with E-state index >= 15 is 0 Å². The number of hydrogen-bond donors (Lipinski definition) is 0. The molecule has 1 nitrogen and oxygen atoms in total. The molecular formula is C11H13N. The van der Waals surface area contributed by atoms with E-state index in [0.717, 1.165) is 5.70 Å². The molecule has 1 aliphatic carbocycles. The molecule has 0 saturated heterocycles. The van der Waals surface area contributed by atoms with Gasteiger partial charge in [-0.05, 0) is 24.5 Å². The molecule has 0 aromatic carbocycles. The molecule has 1 aliphatic heterocycles. The van der Waals surface area contributed by atoms with Gasteiger partial charge in [-0.15, -0.1) is 0 Å². The Labute approximate surface area is 73.2 Å². The van der Waals surface area contributed by atoms with E-state index < -0.39 is 0 Å². The Morgan fingerprint density at radius 2 is 2.33 bits per heavy atom. The molecule has 2 aliphatic rings. The van der Waals surface area contributed by atoms with Crippen LogP contribution in [0.4, 0.5) is 0 Å². The first kappa shape index (κ1) is 7.53. The highest BCUT2D eigenvalue weighted by molar-refractivity contribution is 5.88.